The van der Waals surface area contributed by atoms with Crippen LogP contribution in [0.5, 0.6) is 0 Å². The van der Waals surface area contributed by atoms with E-state index in [4.69, 9.17) is 0 Å². The van der Waals surface area contributed by atoms with Gasteiger partial charge in [0.1, 0.15) is 0 Å². The number of hydrogen-bond acceptors (Lipinski definition) is 1. The second-order valence-electron chi connectivity index (χ2n) is 10.7. The van der Waals surface area contributed by atoms with Gasteiger partial charge in [-0.3, -0.25) is 0 Å². The van der Waals surface area contributed by atoms with E-state index in [0.717, 1.165) is 29.6 Å². The SMILES string of the molecule is C[C@H]1C=C[C@@]2(C)[C@@H](CC[C@@H]3[C@@H]2CC[C@]2(C)[C@H](O)C(C)(C)C[C@@H]32)C1. The molecular formula is C22H36O. The molecule has 4 aliphatic rings. The molecule has 8 atom stereocenters. The Morgan fingerprint density at radius 2 is 1.74 bits per heavy atom. The zero-order valence-corrected chi connectivity index (χ0v) is 15.8. The third-order valence-corrected chi connectivity index (χ3v) is 8.95. The fraction of sp³-hybridized carbons (Fsp3) is 0.909. The van der Waals surface area contributed by atoms with E-state index in [9.17, 15) is 5.11 Å². The Labute approximate surface area is 142 Å². The van der Waals surface area contributed by atoms with Crippen LogP contribution in [0.15, 0.2) is 12.2 Å². The van der Waals surface area contributed by atoms with Crippen molar-refractivity contribution < 1.29 is 5.11 Å². The van der Waals surface area contributed by atoms with Gasteiger partial charge in [-0.25, -0.2) is 0 Å². The highest BCUT2D eigenvalue weighted by Gasteiger charge is 2.63. The molecule has 130 valence electrons. The Kier molecular flexibility index (Phi) is 3.43. The van der Waals surface area contributed by atoms with Crippen molar-refractivity contribution in [2.45, 2.75) is 79.2 Å². The second-order valence-corrected chi connectivity index (χ2v) is 10.7. The molecule has 3 saturated carbocycles. The van der Waals surface area contributed by atoms with Gasteiger partial charge in [-0.1, -0.05) is 46.8 Å². The van der Waals surface area contributed by atoms with Crippen LogP contribution in [0.2, 0.25) is 0 Å². The minimum atomic E-state index is -0.117. The van der Waals surface area contributed by atoms with Crippen LogP contribution in [0.4, 0.5) is 0 Å². The highest BCUT2D eigenvalue weighted by Crippen LogP contribution is 2.68. The second kappa shape index (κ2) is 4.87. The molecule has 1 nitrogen and oxygen atoms in total. The average Bonchev–Trinajstić information content (AvgIpc) is 2.68. The summed E-state index contributed by atoms with van der Waals surface area (Å²) in [5.41, 5.74) is 0.691. The summed E-state index contributed by atoms with van der Waals surface area (Å²) in [6.07, 6.45) is 13.0. The summed E-state index contributed by atoms with van der Waals surface area (Å²) in [5.74, 6) is 4.09. The molecule has 4 rings (SSSR count). The van der Waals surface area contributed by atoms with Gasteiger partial charge in [0.05, 0.1) is 6.10 Å². The summed E-state index contributed by atoms with van der Waals surface area (Å²) in [5, 5.41) is 11.0. The van der Waals surface area contributed by atoms with Crippen LogP contribution >= 0.6 is 0 Å². The van der Waals surface area contributed by atoms with Crippen LogP contribution in [0.1, 0.15) is 73.1 Å². The smallest absolute Gasteiger partial charge is 0.0647 e. The van der Waals surface area contributed by atoms with Gasteiger partial charge in [0.15, 0.2) is 0 Å². The molecule has 0 heterocycles. The highest BCUT2D eigenvalue weighted by molar-refractivity contribution is 5.18. The molecule has 0 aromatic rings. The fourth-order valence-electron chi connectivity index (χ4n) is 7.64. The Hall–Kier alpha value is -0.300. The summed E-state index contributed by atoms with van der Waals surface area (Å²) < 4.78 is 0. The molecule has 0 aromatic carbocycles. The third-order valence-electron chi connectivity index (χ3n) is 8.95. The normalized spacial score (nSPS) is 57.5. The molecule has 0 amide bonds. The monoisotopic (exact) mass is 316 g/mol. The van der Waals surface area contributed by atoms with E-state index in [-0.39, 0.29) is 16.9 Å². The summed E-state index contributed by atoms with van der Waals surface area (Å²) >= 11 is 0. The maximum absolute atomic E-state index is 11.0. The summed E-state index contributed by atoms with van der Waals surface area (Å²) in [6, 6.07) is 0. The van der Waals surface area contributed by atoms with Crippen LogP contribution < -0.4 is 0 Å². The molecule has 0 unspecified atom stereocenters. The van der Waals surface area contributed by atoms with Gasteiger partial charge < -0.3 is 5.11 Å². The predicted molar refractivity (Wildman–Crippen MR) is 96.0 cm³/mol. The lowest BCUT2D eigenvalue weighted by molar-refractivity contribution is -0.102. The van der Waals surface area contributed by atoms with Gasteiger partial charge >= 0.3 is 0 Å². The first kappa shape index (κ1) is 16.2. The van der Waals surface area contributed by atoms with Gasteiger partial charge in [-0.05, 0) is 84.4 Å². The predicted octanol–water partition coefficient (Wildman–Crippen LogP) is 5.44. The molecule has 0 aromatic heterocycles. The maximum Gasteiger partial charge on any atom is 0.0647 e. The van der Waals surface area contributed by atoms with E-state index in [0.29, 0.717) is 5.41 Å². The minimum Gasteiger partial charge on any atom is -0.392 e. The van der Waals surface area contributed by atoms with Gasteiger partial charge in [0.25, 0.3) is 0 Å². The summed E-state index contributed by atoms with van der Waals surface area (Å²) in [6.45, 7) is 11.9. The third kappa shape index (κ3) is 2.08. The van der Waals surface area contributed by atoms with Crippen LogP contribution in [0.25, 0.3) is 0 Å². The van der Waals surface area contributed by atoms with Crippen molar-refractivity contribution in [2.24, 2.45) is 45.8 Å². The number of hydrogen-bond donors (Lipinski definition) is 1. The Bertz CT molecular complexity index is 520. The van der Waals surface area contributed by atoms with Crippen molar-refractivity contribution in [1.29, 1.82) is 0 Å². The first-order chi connectivity index (χ1) is 10.7. The zero-order chi connectivity index (χ0) is 16.6. The van der Waals surface area contributed by atoms with Crippen LogP contribution in [0.3, 0.4) is 0 Å². The van der Waals surface area contributed by atoms with Crippen molar-refractivity contribution in [3.63, 3.8) is 0 Å². The molecule has 3 fully saturated rings. The number of allylic oxidation sites excluding steroid dienone is 2. The van der Waals surface area contributed by atoms with E-state index in [1.165, 1.54) is 38.5 Å². The van der Waals surface area contributed by atoms with E-state index < -0.39 is 0 Å². The molecule has 0 saturated heterocycles. The molecule has 4 aliphatic carbocycles. The topological polar surface area (TPSA) is 20.2 Å². The van der Waals surface area contributed by atoms with E-state index in [1.54, 1.807) is 0 Å². The highest BCUT2D eigenvalue weighted by atomic mass is 16.3. The largest absolute Gasteiger partial charge is 0.392 e. The van der Waals surface area contributed by atoms with E-state index >= 15 is 0 Å². The molecule has 0 radical (unpaired) electrons. The number of fused-ring (bicyclic) bond motifs is 5. The molecule has 0 spiro atoms. The van der Waals surface area contributed by atoms with Crippen molar-refractivity contribution in [1.82, 2.24) is 0 Å². The van der Waals surface area contributed by atoms with Crippen molar-refractivity contribution in [2.75, 3.05) is 0 Å². The number of aliphatic hydroxyl groups is 1. The Morgan fingerprint density at radius 1 is 1.00 bits per heavy atom. The van der Waals surface area contributed by atoms with E-state index in [1.807, 2.05) is 0 Å². The van der Waals surface area contributed by atoms with E-state index in [2.05, 4.69) is 46.8 Å². The molecular weight excluding hydrogens is 280 g/mol. The average molecular weight is 317 g/mol. The molecule has 1 N–H and O–H groups in total. The minimum absolute atomic E-state index is 0.100. The lowest BCUT2D eigenvalue weighted by Gasteiger charge is -2.59. The number of rotatable bonds is 0. The molecule has 23 heavy (non-hydrogen) atoms. The Morgan fingerprint density at radius 3 is 2.48 bits per heavy atom. The van der Waals surface area contributed by atoms with Crippen molar-refractivity contribution >= 4 is 0 Å². The Balaban J connectivity index is 1.68. The lowest BCUT2D eigenvalue weighted by atomic mass is 9.46. The van der Waals surface area contributed by atoms with Crippen molar-refractivity contribution in [3.05, 3.63) is 12.2 Å². The molecule has 0 aliphatic heterocycles. The fourth-order valence-corrected chi connectivity index (χ4v) is 7.64. The summed E-state index contributed by atoms with van der Waals surface area (Å²) in [7, 11) is 0. The van der Waals surface area contributed by atoms with Gasteiger partial charge in [-0.2, -0.15) is 0 Å². The standard InChI is InChI=1S/C22H36O/c1-14-8-10-21(4)15(12-14)6-7-16-17(21)9-11-22(5)18(16)13-20(2,3)19(22)23/h8,10,14-19,23H,6-7,9,11-13H2,1-5H3/t14-,15-,16+,17-,18-,19+,21-,22-/m0/s1. The first-order valence-electron chi connectivity index (χ1n) is 10.1. The van der Waals surface area contributed by atoms with Crippen LogP contribution in [-0.2, 0) is 0 Å². The van der Waals surface area contributed by atoms with Gasteiger partial charge in [-0.15, -0.1) is 0 Å². The molecule has 0 bridgehead atoms. The number of aliphatic hydroxyl groups excluding tert-OH is 1. The van der Waals surface area contributed by atoms with Crippen LogP contribution in [0, 0.1) is 45.8 Å². The van der Waals surface area contributed by atoms with Gasteiger partial charge in [0, 0.05) is 0 Å². The molecule has 1 heteroatoms. The summed E-state index contributed by atoms with van der Waals surface area (Å²) in [4.78, 5) is 0. The van der Waals surface area contributed by atoms with Gasteiger partial charge in [0.2, 0.25) is 0 Å². The maximum atomic E-state index is 11.0. The first-order valence-corrected chi connectivity index (χ1v) is 10.1. The van der Waals surface area contributed by atoms with Crippen LogP contribution in [-0.4, -0.2) is 11.2 Å². The quantitative estimate of drug-likeness (QED) is 0.590. The lowest BCUT2D eigenvalue weighted by Crippen LogP contribution is -2.53. The van der Waals surface area contributed by atoms with Crippen molar-refractivity contribution in [3.8, 4) is 0 Å². The zero-order valence-electron chi connectivity index (χ0n) is 15.8.